The highest BCUT2D eigenvalue weighted by Gasteiger charge is 2.29. The first-order valence-corrected chi connectivity index (χ1v) is 10.6. The number of nitrogens with one attached hydrogen (secondary N) is 2. The quantitative estimate of drug-likeness (QED) is 0.351. The van der Waals surface area contributed by atoms with Gasteiger partial charge >= 0.3 is 5.69 Å². The van der Waals surface area contributed by atoms with E-state index in [0.29, 0.717) is 16.2 Å². The Morgan fingerprint density at radius 2 is 1.75 bits per heavy atom. The molecule has 0 fully saturated rings. The van der Waals surface area contributed by atoms with Crippen molar-refractivity contribution in [3.8, 4) is 5.75 Å². The van der Waals surface area contributed by atoms with Crippen molar-refractivity contribution < 1.29 is 27.5 Å². The van der Waals surface area contributed by atoms with Crippen molar-refractivity contribution in [2.75, 3.05) is 0 Å². The number of hydrogen-bond donors (Lipinski definition) is 3. The maximum atomic E-state index is 14.2. The third-order valence-electron chi connectivity index (χ3n) is 5.58. The Labute approximate surface area is 199 Å². The van der Waals surface area contributed by atoms with Crippen LogP contribution in [0.5, 0.6) is 5.75 Å². The van der Waals surface area contributed by atoms with Crippen molar-refractivity contribution >= 4 is 16.8 Å². The number of phenols is 1. The van der Waals surface area contributed by atoms with Crippen molar-refractivity contribution in [3.63, 3.8) is 0 Å². The first kappa shape index (κ1) is 24.6. The lowest BCUT2D eigenvalue weighted by Gasteiger charge is -2.22. The molecule has 0 bridgehead atoms. The SMILES string of the molecule is C[C@@H](NC(=O)[C@@H](Cc1ccc(F)cc1)n1c(=O)[nH]c2ccc(F)c(O)c2c1=O)c1ncc(F)cc1F. The fourth-order valence-corrected chi connectivity index (χ4v) is 3.82. The Morgan fingerprint density at radius 3 is 2.42 bits per heavy atom. The third-order valence-corrected chi connectivity index (χ3v) is 5.58. The van der Waals surface area contributed by atoms with Gasteiger partial charge in [0.15, 0.2) is 11.6 Å². The number of nitrogens with zero attached hydrogens (tertiary/aromatic N) is 2. The van der Waals surface area contributed by atoms with E-state index in [9.17, 15) is 37.1 Å². The van der Waals surface area contributed by atoms with Gasteiger partial charge in [0.05, 0.1) is 23.4 Å². The molecule has 0 unspecified atom stereocenters. The predicted octanol–water partition coefficient (Wildman–Crippen LogP) is 3.01. The second-order valence-electron chi connectivity index (χ2n) is 8.02. The van der Waals surface area contributed by atoms with Gasteiger partial charge in [-0.1, -0.05) is 12.1 Å². The monoisotopic (exact) mass is 502 g/mol. The molecule has 186 valence electrons. The number of carbonyl (C=O) groups is 1. The van der Waals surface area contributed by atoms with Crippen LogP contribution in [0.3, 0.4) is 0 Å². The van der Waals surface area contributed by atoms with Gasteiger partial charge in [-0.2, -0.15) is 0 Å². The molecule has 0 saturated carbocycles. The average Bonchev–Trinajstić information content (AvgIpc) is 2.81. The fourth-order valence-electron chi connectivity index (χ4n) is 3.82. The predicted molar refractivity (Wildman–Crippen MR) is 120 cm³/mol. The molecule has 0 aliphatic heterocycles. The van der Waals surface area contributed by atoms with Gasteiger partial charge in [0.25, 0.3) is 5.56 Å². The molecule has 4 rings (SSSR count). The van der Waals surface area contributed by atoms with E-state index in [1.54, 1.807) is 0 Å². The summed E-state index contributed by atoms with van der Waals surface area (Å²) in [6, 6.07) is 4.69. The number of phenolic OH excluding ortho intramolecular Hbond substituents is 1. The molecular weight excluding hydrogens is 484 g/mol. The van der Waals surface area contributed by atoms with Crippen LogP contribution in [-0.4, -0.2) is 25.5 Å². The molecule has 36 heavy (non-hydrogen) atoms. The Balaban J connectivity index is 1.82. The minimum atomic E-state index is -1.59. The number of aromatic hydroxyl groups is 1. The number of carbonyl (C=O) groups excluding carboxylic acids is 1. The zero-order valence-electron chi connectivity index (χ0n) is 18.6. The van der Waals surface area contributed by atoms with Gasteiger partial charge in [-0.05, 0) is 36.8 Å². The average molecular weight is 502 g/mol. The van der Waals surface area contributed by atoms with Crippen LogP contribution in [0.25, 0.3) is 10.9 Å². The number of amides is 1. The largest absolute Gasteiger partial charge is 0.504 e. The second-order valence-corrected chi connectivity index (χ2v) is 8.02. The summed E-state index contributed by atoms with van der Waals surface area (Å²) >= 11 is 0. The molecule has 1 amide bonds. The normalized spacial score (nSPS) is 12.9. The summed E-state index contributed by atoms with van der Waals surface area (Å²) < 4.78 is 55.3. The lowest BCUT2D eigenvalue weighted by molar-refractivity contribution is -0.125. The highest BCUT2D eigenvalue weighted by atomic mass is 19.1. The molecule has 0 saturated heterocycles. The van der Waals surface area contributed by atoms with E-state index < -0.39 is 63.6 Å². The number of aromatic nitrogens is 3. The number of halogens is 4. The molecule has 8 nitrogen and oxygen atoms in total. The van der Waals surface area contributed by atoms with Crippen LogP contribution in [0.15, 0.2) is 58.3 Å². The maximum Gasteiger partial charge on any atom is 0.329 e. The Morgan fingerprint density at radius 1 is 1.06 bits per heavy atom. The number of aromatic amines is 1. The number of H-pyrrole nitrogens is 1. The van der Waals surface area contributed by atoms with E-state index in [0.717, 1.165) is 30.5 Å². The molecule has 0 radical (unpaired) electrons. The number of fused-ring (bicyclic) bond motifs is 1. The Bertz CT molecular complexity index is 1580. The standard InChI is InChI=1S/C24H18F4N4O4/c1-11(20-16(28)9-14(26)10-29-20)30-22(34)18(8-12-2-4-13(25)5-3-12)32-23(35)19-17(31-24(32)36)7-6-15(27)21(19)33/h2-7,9-11,18,33H,8H2,1H3,(H,30,34)(H,31,36)/t11-,18-/m1/s1. The summed E-state index contributed by atoms with van der Waals surface area (Å²) in [6.07, 6.45) is 0.454. The number of hydrogen-bond acceptors (Lipinski definition) is 5. The fraction of sp³-hybridized carbons (Fsp3) is 0.167. The van der Waals surface area contributed by atoms with Crippen LogP contribution in [0.2, 0.25) is 0 Å². The third kappa shape index (κ3) is 4.69. The van der Waals surface area contributed by atoms with Crippen LogP contribution in [-0.2, 0) is 11.2 Å². The summed E-state index contributed by atoms with van der Waals surface area (Å²) in [6.45, 7) is 1.35. The first-order valence-electron chi connectivity index (χ1n) is 10.6. The van der Waals surface area contributed by atoms with Crippen LogP contribution in [0.1, 0.15) is 30.3 Å². The summed E-state index contributed by atoms with van der Waals surface area (Å²) in [5.41, 5.74) is -2.31. The van der Waals surface area contributed by atoms with E-state index >= 15 is 0 Å². The van der Waals surface area contributed by atoms with Crippen molar-refractivity contribution in [2.24, 2.45) is 0 Å². The Hall–Kier alpha value is -4.48. The number of rotatable bonds is 6. The van der Waals surface area contributed by atoms with Gasteiger partial charge in [0.1, 0.15) is 28.9 Å². The summed E-state index contributed by atoms with van der Waals surface area (Å²) in [7, 11) is 0. The lowest BCUT2D eigenvalue weighted by atomic mass is 10.0. The molecule has 4 aromatic rings. The van der Waals surface area contributed by atoms with E-state index in [4.69, 9.17) is 0 Å². The maximum absolute atomic E-state index is 14.2. The van der Waals surface area contributed by atoms with Gasteiger partial charge in [-0.25, -0.2) is 26.9 Å². The second kappa shape index (κ2) is 9.64. The highest BCUT2D eigenvalue weighted by molar-refractivity contribution is 5.85. The summed E-state index contributed by atoms with van der Waals surface area (Å²) in [5, 5.41) is 12.0. The first-order chi connectivity index (χ1) is 17.1. The zero-order valence-corrected chi connectivity index (χ0v) is 18.6. The van der Waals surface area contributed by atoms with Crippen LogP contribution < -0.4 is 16.6 Å². The molecule has 2 aromatic heterocycles. The van der Waals surface area contributed by atoms with Gasteiger partial charge in [-0.3, -0.25) is 14.6 Å². The Kier molecular flexibility index (Phi) is 6.60. The van der Waals surface area contributed by atoms with E-state index in [-0.39, 0.29) is 17.6 Å². The van der Waals surface area contributed by atoms with E-state index in [1.165, 1.54) is 19.1 Å². The van der Waals surface area contributed by atoms with E-state index in [2.05, 4.69) is 15.3 Å². The lowest BCUT2D eigenvalue weighted by Crippen LogP contribution is -2.46. The van der Waals surface area contributed by atoms with Gasteiger partial charge in [-0.15, -0.1) is 0 Å². The zero-order chi connectivity index (χ0) is 26.1. The minimum absolute atomic E-state index is 0.160. The molecule has 0 aliphatic rings. The summed E-state index contributed by atoms with van der Waals surface area (Å²) in [4.78, 5) is 45.4. The molecule has 0 spiro atoms. The summed E-state index contributed by atoms with van der Waals surface area (Å²) in [5.74, 6) is -5.60. The molecule has 2 aromatic carbocycles. The molecule has 3 N–H and O–H groups in total. The molecular formula is C24H18F4N4O4. The molecule has 12 heteroatoms. The van der Waals surface area contributed by atoms with Gasteiger partial charge in [0, 0.05) is 12.5 Å². The molecule has 2 atom stereocenters. The van der Waals surface area contributed by atoms with Crippen LogP contribution in [0.4, 0.5) is 17.6 Å². The number of benzene rings is 2. The van der Waals surface area contributed by atoms with Crippen molar-refractivity contribution in [2.45, 2.75) is 25.4 Å². The molecule has 0 aliphatic carbocycles. The topological polar surface area (TPSA) is 117 Å². The number of pyridine rings is 1. The smallest absolute Gasteiger partial charge is 0.329 e. The van der Waals surface area contributed by atoms with Crippen LogP contribution >= 0.6 is 0 Å². The van der Waals surface area contributed by atoms with Crippen LogP contribution in [0, 0.1) is 23.3 Å². The minimum Gasteiger partial charge on any atom is -0.504 e. The molecule has 2 heterocycles. The van der Waals surface area contributed by atoms with Crippen molar-refractivity contribution in [3.05, 3.63) is 104 Å². The van der Waals surface area contributed by atoms with Gasteiger partial charge < -0.3 is 15.4 Å². The van der Waals surface area contributed by atoms with Gasteiger partial charge in [0.2, 0.25) is 5.91 Å². The van der Waals surface area contributed by atoms with Crippen molar-refractivity contribution in [1.29, 1.82) is 0 Å². The highest BCUT2D eigenvalue weighted by Crippen LogP contribution is 2.24. The van der Waals surface area contributed by atoms with E-state index in [1.807, 2.05) is 0 Å². The van der Waals surface area contributed by atoms with Crippen molar-refractivity contribution in [1.82, 2.24) is 19.9 Å².